The lowest BCUT2D eigenvalue weighted by atomic mass is 9.73. The fraction of sp³-hybridized carbons (Fsp3) is 0.483. The second kappa shape index (κ2) is 23.2. The maximum Gasteiger partial charge on any atom is 0.501 e. The maximum atomic E-state index is 14.2. The topological polar surface area (TPSA) is 189 Å². The zero-order chi connectivity index (χ0) is 56.7. The van der Waals surface area contributed by atoms with Crippen LogP contribution in [-0.2, 0) is 42.5 Å². The van der Waals surface area contributed by atoms with Gasteiger partial charge in [0.1, 0.15) is 10.9 Å². The van der Waals surface area contributed by atoms with Crippen molar-refractivity contribution < 1.29 is 49.2 Å². The number of hydrogen-bond acceptors (Lipinski definition) is 13. The summed E-state index contributed by atoms with van der Waals surface area (Å²) in [5.74, 6) is -2.00. The van der Waals surface area contributed by atoms with E-state index in [1.54, 1.807) is 17.0 Å². The van der Waals surface area contributed by atoms with E-state index in [4.69, 9.17) is 11.6 Å². The number of nitrogens with one attached hydrogen (secondary N) is 3. The summed E-state index contributed by atoms with van der Waals surface area (Å²) in [5, 5.41) is 5.93. The summed E-state index contributed by atoms with van der Waals surface area (Å²) in [6.45, 7) is 13.1. The number of hydrogen-bond donors (Lipinski definition) is 3. The number of sulfone groups is 1. The Balaban J connectivity index is 0.697. The van der Waals surface area contributed by atoms with Gasteiger partial charge in [-0.2, -0.15) is 13.2 Å². The van der Waals surface area contributed by atoms with Gasteiger partial charge < -0.3 is 15.1 Å². The highest BCUT2D eigenvalue weighted by Crippen LogP contribution is 2.43. The molecule has 0 aromatic heterocycles. The first-order valence-corrected chi connectivity index (χ1v) is 30.9. The lowest BCUT2D eigenvalue weighted by Gasteiger charge is -2.42. The van der Waals surface area contributed by atoms with Crippen molar-refractivity contribution in [1.82, 2.24) is 29.6 Å². The van der Waals surface area contributed by atoms with Crippen molar-refractivity contribution >= 4 is 72.0 Å². The molecule has 4 aromatic rings. The highest BCUT2D eigenvalue weighted by Gasteiger charge is 2.49. The number of fused-ring (bicyclic) bond motifs is 1. The first kappa shape index (κ1) is 57.4. The first-order valence-electron chi connectivity index (χ1n) is 27.5. The van der Waals surface area contributed by atoms with E-state index >= 15 is 0 Å². The molecule has 10 rings (SSSR count). The Bertz CT molecular complexity index is 3280. The van der Waals surface area contributed by atoms with Crippen molar-refractivity contribution in [2.24, 2.45) is 11.3 Å². The summed E-state index contributed by atoms with van der Waals surface area (Å²) in [4.78, 5) is 59.6. The highest BCUT2D eigenvalue weighted by molar-refractivity contribution is 7.92. The van der Waals surface area contributed by atoms with E-state index in [1.807, 2.05) is 35.1 Å². The van der Waals surface area contributed by atoms with Crippen LogP contribution in [0.3, 0.4) is 0 Å². The molecule has 428 valence electrons. The van der Waals surface area contributed by atoms with E-state index in [-0.39, 0.29) is 47.4 Å². The monoisotopic (exact) mass is 1160 g/mol. The molecule has 2 aliphatic carbocycles. The molecule has 4 heterocycles. The predicted octanol–water partition coefficient (Wildman–Crippen LogP) is 8.09. The number of rotatable bonds is 15. The number of allylic oxidation sites excluding steroid dienone is 1. The number of nitrogens with zero attached hydrogens (tertiary/aromatic N) is 5. The fourth-order valence-corrected chi connectivity index (χ4v) is 14.6. The lowest BCUT2D eigenvalue weighted by molar-refractivity contribution is -0.136. The Kier molecular flexibility index (Phi) is 16.6. The average molecular weight is 1160 g/mol. The van der Waals surface area contributed by atoms with Gasteiger partial charge in [-0.25, -0.2) is 21.6 Å². The van der Waals surface area contributed by atoms with Gasteiger partial charge in [-0.05, 0) is 146 Å². The molecule has 0 spiro atoms. The number of benzene rings is 4. The number of carbonyl (C=O) groups is 4. The van der Waals surface area contributed by atoms with Crippen molar-refractivity contribution in [3.05, 3.63) is 123 Å². The van der Waals surface area contributed by atoms with Crippen LogP contribution in [0, 0.1) is 11.3 Å². The van der Waals surface area contributed by atoms with Crippen molar-refractivity contribution in [3.63, 3.8) is 0 Å². The van der Waals surface area contributed by atoms with Crippen LogP contribution in [0.5, 0.6) is 0 Å². The molecule has 80 heavy (non-hydrogen) atoms. The van der Waals surface area contributed by atoms with Crippen LogP contribution in [-0.4, -0.2) is 143 Å². The van der Waals surface area contributed by atoms with E-state index in [9.17, 15) is 49.2 Å². The van der Waals surface area contributed by atoms with Gasteiger partial charge in [0.15, 0.2) is 0 Å². The number of alkyl halides is 3. The van der Waals surface area contributed by atoms with E-state index in [1.165, 1.54) is 28.8 Å². The maximum absolute atomic E-state index is 14.2. The number of carbonyl (C=O) groups excluding carboxylic acids is 4. The van der Waals surface area contributed by atoms with Crippen LogP contribution in [0.25, 0.3) is 5.57 Å². The molecule has 1 saturated carbocycles. The Morgan fingerprint density at radius 1 is 0.775 bits per heavy atom. The van der Waals surface area contributed by atoms with Gasteiger partial charge in [0.25, 0.3) is 31.7 Å². The minimum absolute atomic E-state index is 0.00831. The van der Waals surface area contributed by atoms with Gasteiger partial charge in [-0.15, -0.1) is 0 Å². The molecule has 4 aromatic carbocycles. The van der Waals surface area contributed by atoms with Gasteiger partial charge >= 0.3 is 5.51 Å². The minimum Gasteiger partial charge on any atom is -0.384 e. The van der Waals surface area contributed by atoms with Crippen molar-refractivity contribution in [3.8, 4) is 0 Å². The summed E-state index contributed by atoms with van der Waals surface area (Å²) in [5.41, 5.74) is 1.46. The van der Waals surface area contributed by atoms with E-state index in [0.717, 1.165) is 133 Å². The Hall–Kier alpha value is -5.84. The summed E-state index contributed by atoms with van der Waals surface area (Å²) in [7, 11) is -10.9. The number of sulfonamides is 1. The molecule has 0 bridgehead atoms. The molecule has 1 atom stereocenters. The third-order valence-corrected chi connectivity index (χ3v) is 20.2. The van der Waals surface area contributed by atoms with Crippen molar-refractivity contribution in [1.29, 1.82) is 0 Å². The highest BCUT2D eigenvalue weighted by atomic mass is 35.5. The molecule has 6 aliphatic rings. The second-order valence-corrected chi connectivity index (χ2v) is 27.1. The van der Waals surface area contributed by atoms with Gasteiger partial charge in [0, 0.05) is 113 Å². The number of amides is 4. The van der Waals surface area contributed by atoms with Gasteiger partial charge in [0.2, 0.25) is 11.8 Å². The van der Waals surface area contributed by atoms with Gasteiger partial charge in [0.05, 0.1) is 10.6 Å². The summed E-state index contributed by atoms with van der Waals surface area (Å²) in [6.07, 6.45) is 6.78. The molecule has 3 saturated heterocycles. The van der Waals surface area contributed by atoms with Crippen LogP contribution in [0.1, 0.15) is 109 Å². The third kappa shape index (κ3) is 12.8. The lowest BCUT2D eigenvalue weighted by Crippen LogP contribution is -2.52. The van der Waals surface area contributed by atoms with Crippen LogP contribution in [0.2, 0.25) is 5.02 Å². The molecule has 22 heteroatoms. The van der Waals surface area contributed by atoms with E-state index in [0.29, 0.717) is 42.2 Å². The molecule has 16 nitrogen and oxygen atoms in total. The zero-order valence-corrected chi connectivity index (χ0v) is 47.4. The second-order valence-electron chi connectivity index (χ2n) is 23.0. The molecule has 0 radical (unpaired) electrons. The van der Waals surface area contributed by atoms with Crippen molar-refractivity contribution in [2.75, 3.05) is 75.7 Å². The van der Waals surface area contributed by atoms with Gasteiger partial charge in [-0.1, -0.05) is 55.3 Å². The Labute approximate surface area is 471 Å². The number of piperazine rings is 2. The summed E-state index contributed by atoms with van der Waals surface area (Å²) in [6, 6.07) is 22.3. The standard InChI is InChI=1S/C58H68ClF3N8O8S2/c1-57(2)22-21-48(40-6-10-44(59)11-7-40)43(33-57)36-67-25-29-69(30-26-67)46-14-8-41(9-15-46)54(72)65-80(77,78)47-16-18-50(52(32-47)79(75,76)58(60,61)62)63-34-38-3-12-45(13-4-38)68-27-23-66(24-28-68)35-39-5-17-49-42(31-39)37-70(56(49)74)51-19-20-53(71)64-55(51)73/h5-11,14-18,31-32,38,45,51,63H,3-4,12-13,19-30,33-37H2,1-2H3,(H,65,72)(H,64,71,73). The number of anilines is 2. The fourth-order valence-electron chi connectivity index (χ4n) is 12.5. The average Bonchev–Trinajstić information content (AvgIpc) is 3.78. The first-order chi connectivity index (χ1) is 38.0. The largest absolute Gasteiger partial charge is 0.501 e. The van der Waals surface area contributed by atoms with Crippen LogP contribution in [0.4, 0.5) is 24.5 Å². The molecule has 3 N–H and O–H groups in total. The quantitative estimate of drug-likeness (QED) is 0.0971. The van der Waals surface area contributed by atoms with Crippen molar-refractivity contribution in [2.45, 2.75) is 112 Å². The molecule has 1 unspecified atom stereocenters. The SMILES string of the molecule is CC1(C)CCC(c2ccc(Cl)cc2)=C(CN2CCN(c3ccc(C(=O)NS(=O)(=O)c4ccc(NCC5CCC(N6CCN(Cc7ccc8c(c7)CN(C7CCC(=O)NC7=O)C8=O)CC6)CC5)c(S(=O)(=O)C(F)(F)F)c4)cc3)CC2)C1. The molecule has 4 aliphatic heterocycles. The zero-order valence-electron chi connectivity index (χ0n) is 45.0. The molecule has 4 amide bonds. The van der Waals surface area contributed by atoms with E-state index in [2.05, 4.69) is 56.2 Å². The van der Waals surface area contributed by atoms with Crippen LogP contribution in [0.15, 0.2) is 100 Å². The minimum atomic E-state index is -6.04. The Morgan fingerprint density at radius 2 is 1.45 bits per heavy atom. The number of halogens is 4. The van der Waals surface area contributed by atoms with Crippen LogP contribution >= 0.6 is 11.6 Å². The van der Waals surface area contributed by atoms with E-state index < -0.39 is 53.0 Å². The number of piperidine rings is 1. The normalized spacial score (nSPS) is 22.8. The Morgan fingerprint density at radius 3 is 2.12 bits per heavy atom. The molecular formula is C58H68ClF3N8O8S2. The summed E-state index contributed by atoms with van der Waals surface area (Å²) < 4.78 is 97.6. The molecular weight excluding hydrogens is 1090 g/mol. The van der Waals surface area contributed by atoms with Crippen LogP contribution < -0.4 is 20.3 Å². The summed E-state index contributed by atoms with van der Waals surface area (Å²) >= 11 is 6.20. The molecule has 4 fully saturated rings. The number of imide groups is 1. The van der Waals surface area contributed by atoms with Gasteiger partial charge in [-0.3, -0.25) is 39.2 Å². The third-order valence-electron chi connectivity index (χ3n) is 17.0. The predicted molar refractivity (Wildman–Crippen MR) is 299 cm³/mol. The smallest absolute Gasteiger partial charge is 0.384 e.